The highest BCUT2D eigenvalue weighted by Crippen LogP contribution is 2.47. The highest BCUT2D eigenvalue weighted by Gasteiger charge is 2.37. The van der Waals surface area contributed by atoms with E-state index in [0.29, 0.717) is 5.92 Å². The molecular formula is C34H56. The Hall–Kier alpha value is -1.82. The highest BCUT2D eigenvalue weighted by molar-refractivity contribution is 5.92. The molecular weight excluding hydrogens is 408 g/mol. The Bertz CT molecular complexity index is 952. The van der Waals surface area contributed by atoms with Crippen molar-refractivity contribution in [2.45, 2.75) is 128 Å². The number of benzene rings is 2. The van der Waals surface area contributed by atoms with Crippen LogP contribution in [0.25, 0.3) is 11.1 Å². The topological polar surface area (TPSA) is 0 Å². The fourth-order valence-corrected chi connectivity index (χ4v) is 5.52. The predicted octanol–water partition coefficient (Wildman–Crippen LogP) is 11.2. The molecule has 0 radical (unpaired) electrons. The largest absolute Gasteiger partial charge is 0.0776 e. The Labute approximate surface area is 214 Å². The molecule has 0 heteroatoms. The molecule has 0 aliphatic heterocycles. The second-order valence-corrected chi connectivity index (χ2v) is 10.7. The van der Waals surface area contributed by atoms with Crippen molar-refractivity contribution < 1.29 is 0 Å². The lowest BCUT2D eigenvalue weighted by Gasteiger charge is -2.42. The fourth-order valence-electron chi connectivity index (χ4n) is 5.52. The second kappa shape index (κ2) is 12.8. The van der Waals surface area contributed by atoms with E-state index in [-0.39, 0.29) is 25.7 Å². The summed E-state index contributed by atoms with van der Waals surface area (Å²) < 4.78 is 0. The van der Waals surface area contributed by atoms with Gasteiger partial charge in [0.25, 0.3) is 0 Å². The van der Waals surface area contributed by atoms with Crippen molar-refractivity contribution in [3.63, 3.8) is 0 Å². The van der Waals surface area contributed by atoms with Crippen LogP contribution < -0.4 is 0 Å². The predicted molar refractivity (Wildman–Crippen MR) is 159 cm³/mol. The maximum Gasteiger partial charge on any atom is -0.0100 e. The quantitative estimate of drug-likeness (QED) is 0.393. The minimum Gasteiger partial charge on any atom is -0.0776 e. The number of aryl methyl sites for hydroxylation is 2. The summed E-state index contributed by atoms with van der Waals surface area (Å²) >= 11 is 0. The molecule has 34 heavy (non-hydrogen) atoms. The van der Waals surface area contributed by atoms with Gasteiger partial charge in [-0.05, 0) is 95.2 Å². The molecule has 0 aromatic heterocycles. The monoisotopic (exact) mass is 464 g/mol. The number of fused-ring (bicyclic) bond motifs is 2. The van der Waals surface area contributed by atoms with Gasteiger partial charge in [0, 0.05) is 0 Å². The lowest BCUT2D eigenvalue weighted by atomic mass is 9.62. The molecule has 1 unspecified atom stereocenters. The van der Waals surface area contributed by atoms with Crippen molar-refractivity contribution in [1.82, 2.24) is 0 Å². The Morgan fingerprint density at radius 3 is 1.94 bits per heavy atom. The fraction of sp³-hybridized carbons (Fsp3) is 0.588. The van der Waals surface area contributed by atoms with E-state index in [2.05, 4.69) is 84.9 Å². The van der Waals surface area contributed by atoms with Crippen molar-refractivity contribution in [2.75, 3.05) is 0 Å². The van der Waals surface area contributed by atoms with Gasteiger partial charge in [-0.15, -0.1) is 0 Å². The van der Waals surface area contributed by atoms with Crippen molar-refractivity contribution >= 4 is 11.1 Å². The molecule has 2 aromatic carbocycles. The van der Waals surface area contributed by atoms with Gasteiger partial charge in [-0.1, -0.05) is 119 Å². The van der Waals surface area contributed by atoms with Crippen LogP contribution in [0.1, 0.15) is 137 Å². The standard InChI is InChI=1S/C28H36.2C2H6.2CH4/c1-18-8-12-23-22(16-18)10-9-19(2)26(23)20(3)21-11-13-24-25(17-21)28(6,7)15-14-27(24,4)5;2*1-2;;/h8,11-13,16-17,19H,9-10,14-15H2,1-7H3;2*1-2H3;2*1H4. The number of hydrogen-bond donors (Lipinski definition) is 0. The van der Waals surface area contributed by atoms with Crippen LogP contribution in [0.15, 0.2) is 36.4 Å². The Morgan fingerprint density at radius 1 is 0.794 bits per heavy atom. The lowest BCUT2D eigenvalue weighted by Crippen LogP contribution is -2.33. The molecule has 0 spiro atoms. The summed E-state index contributed by atoms with van der Waals surface area (Å²) in [6.45, 7) is 24.6. The van der Waals surface area contributed by atoms with E-state index in [0.717, 1.165) is 0 Å². The van der Waals surface area contributed by atoms with E-state index in [1.165, 1.54) is 53.5 Å². The van der Waals surface area contributed by atoms with Gasteiger partial charge in [0.2, 0.25) is 0 Å². The Kier molecular flexibility index (Phi) is 12.1. The maximum atomic E-state index is 2.52. The van der Waals surface area contributed by atoms with Gasteiger partial charge in [-0.2, -0.15) is 0 Å². The van der Waals surface area contributed by atoms with Crippen molar-refractivity contribution in [2.24, 2.45) is 5.92 Å². The van der Waals surface area contributed by atoms with Crippen LogP contribution in [-0.4, -0.2) is 0 Å². The molecule has 192 valence electrons. The normalized spacial score (nSPS) is 20.4. The van der Waals surface area contributed by atoms with Crippen LogP contribution in [0, 0.1) is 12.8 Å². The molecule has 2 aromatic rings. The lowest BCUT2D eigenvalue weighted by molar-refractivity contribution is 0.332. The van der Waals surface area contributed by atoms with E-state index in [1.807, 2.05) is 27.7 Å². The summed E-state index contributed by atoms with van der Waals surface area (Å²) in [6, 6.07) is 14.4. The molecule has 0 saturated carbocycles. The summed E-state index contributed by atoms with van der Waals surface area (Å²) in [7, 11) is 0. The highest BCUT2D eigenvalue weighted by atomic mass is 14.4. The third-order valence-electron chi connectivity index (χ3n) is 7.58. The molecule has 0 bridgehead atoms. The van der Waals surface area contributed by atoms with Crippen LogP contribution >= 0.6 is 0 Å². The number of allylic oxidation sites excluding steroid dienone is 2. The van der Waals surface area contributed by atoms with Gasteiger partial charge in [0.15, 0.2) is 0 Å². The van der Waals surface area contributed by atoms with Gasteiger partial charge in [0.05, 0.1) is 0 Å². The van der Waals surface area contributed by atoms with Crippen molar-refractivity contribution in [1.29, 1.82) is 0 Å². The van der Waals surface area contributed by atoms with Crippen LogP contribution in [0.4, 0.5) is 0 Å². The van der Waals surface area contributed by atoms with E-state index in [9.17, 15) is 0 Å². The molecule has 4 rings (SSSR count). The van der Waals surface area contributed by atoms with Crippen LogP contribution in [0.5, 0.6) is 0 Å². The van der Waals surface area contributed by atoms with Crippen LogP contribution in [-0.2, 0) is 17.3 Å². The smallest absolute Gasteiger partial charge is 0.0100 e. The van der Waals surface area contributed by atoms with Crippen LogP contribution in [0.3, 0.4) is 0 Å². The first-order chi connectivity index (χ1) is 15.1. The SMILES string of the molecule is C.C.CC.CC.CC(=C1c2ccc(C)cc2CCC1C)c1ccc2c(c1)C(C)(C)CCC2(C)C. The van der Waals surface area contributed by atoms with Crippen molar-refractivity contribution in [3.05, 3.63) is 69.8 Å². The van der Waals surface area contributed by atoms with Gasteiger partial charge in [0.1, 0.15) is 0 Å². The van der Waals surface area contributed by atoms with Gasteiger partial charge >= 0.3 is 0 Å². The third kappa shape index (κ3) is 6.24. The van der Waals surface area contributed by atoms with Gasteiger partial charge in [-0.3, -0.25) is 0 Å². The summed E-state index contributed by atoms with van der Waals surface area (Å²) in [5, 5.41) is 0. The molecule has 0 saturated heterocycles. The third-order valence-corrected chi connectivity index (χ3v) is 7.58. The molecule has 0 fully saturated rings. The first-order valence-corrected chi connectivity index (χ1v) is 13.1. The molecule has 2 aliphatic rings. The summed E-state index contributed by atoms with van der Waals surface area (Å²) in [6.07, 6.45) is 5.01. The zero-order chi connectivity index (χ0) is 24.3. The average Bonchev–Trinajstić information content (AvgIpc) is 2.79. The average molecular weight is 465 g/mol. The molecule has 2 aliphatic carbocycles. The second-order valence-electron chi connectivity index (χ2n) is 10.7. The number of hydrogen-bond acceptors (Lipinski definition) is 0. The molecule has 1 atom stereocenters. The van der Waals surface area contributed by atoms with Gasteiger partial charge in [-0.25, -0.2) is 0 Å². The zero-order valence-electron chi connectivity index (χ0n) is 22.9. The number of rotatable bonds is 1. The molecule has 0 N–H and O–H groups in total. The summed E-state index contributed by atoms with van der Waals surface area (Å²) in [4.78, 5) is 0. The maximum absolute atomic E-state index is 2.52. The first kappa shape index (κ1) is 32.2. The Morgan fingerprint density at radius 2 is 1.35 bits per heavy atom. The van der Waals surface area contributed by atoms with E-state index >= 15 is 0 Å². The van der Waals surface area contributed by atoms with Gasteiger partial charge < -0.3 is 0 Å². The molecule has 0 heterocycles. The molecule has 0 nitrogen and oxygen atoms in total. The Balaban J connectivity index is 0.00000173. The minimum absolute atomic E-state index is 0. The summed E-state index contributed by atoms with van der Waals surface area (Å²) in [5.41, 5.74) is 12.5. The first-order valence-electron chi connectivity index (χ1n) is 13.1. The summed E-state index contributed by atoms with van der Waals surface area (Å²) in [5.74, 6) is 0.621. The zero-order valence-corrected chi connectivity index (χ0v) is 22.9. The van der Waals surface area contributed by atoms with Crippen molar-refractivity contribution in [3.8, 4) is 0 Å². The minimum atomic E-state index is 0. The van der Waals surface area contributed by atoms with Crippen LogP contribution in [0.2, 0.25) is 0 Å². The van der Waals surface area contributed by atoms with E-state index in [1.54, 1.807) is 16.7 Å². The molecule has 0 amide bonds. The van der Waals surface area contributed by atoms with E-state index in [4.69, 9.17) is 0 Å². The van der Waals surface area contributed by atoms with E-state index < -0.39 is 0 Å².